The van der Waals surface area contributed by atoms with Crippen molar-refractivity contribution in [3.63, 3.8) is 0 Å². The molecule has 1 fully saturated rings. The highest BCUT2D eigenvalue weighted by atomic mass is 35.5. The SMILES string of the molecule is Cc1cc(NS(=O)(=O)c2ccccc2Cl)ncc1-c1ccc2nc(NC3CCCCC3)ncc2c1. The fourth-order valence-corrected chi connectivity index (χ4v) is 5.99. The zero-order valence-electron chi connectivity index (χ0n) is 19.3. The first-order valence-corrected chi connectivity index (χ1v) is 13.5. The topological polar surface area (TPSA) is 96.9 Å². The zero-order valence-corrected chi connectivity index (χ0v) is 20.9. The number of rotatable bonds is 6. The van der Waals surface area contributed by atoms with Gasteiger partial charge in [-0.1, -0.05) is 49.1 Å². The number of benzene rings is 2. The van der Waals surface area contributed by atoms with Crippen molar-refractivity contribution in [2.75, 3.05) is 10.0 Å². The van der Waals surface area contributed by atoms with Gasteiger partial charge in [-0.05, 0) is 61.2 Å². The van der Waals surface area contributed by atoms with Crippen LogP contribution in [-0.4, -0.2) is 29.4 Å². The van der Waals surface area contributed by atoms with E-state index in [-0.39, 0.29) is 15.7 Å². The smallest absolute Gasteiger partial charge is 0.264 e. The van der Waals surface area contributed by atoms with Crippen molar-refractivity contribution >= 4 is 44.3 Å². The summed E-state index contributed by atoms with van der Waals surface area (Å²) in [6.45, 7) is 1.92. The van der Waals surface area contributed by atoms with Crippen molar-refractivity contribution in [3.8, 4) is 11.1 Å². The van der Waals surface area contributed by atoms with Gasteiger partial charge in [0.15, 0.2) is 0 Å². The van der Waals surface area contributed by atoms with E-state index in [9.17, 15) is 8.42 Å². The van der Waals surface area contributed by atoms with E-state index >= 15 is 0 Å². The molecule has 2 heterocycles. The number of aryl methyl sites for hydroxylation is 1. The van der Waals surface area contributed by atoms with E-state index in [4.69, 9.17) is 16.6 Å². The number of aromatic nitrogens is 3. The van der Waals surface area contributed by atoms with Crippen LogP contribution in [0.3, 0.4) is 0 Å². The average molecular weight is 508 g/mol. The van der Waals surface area contributed by atoms with Gasteiger partial charge in [0.05, 0.1) is 10.5 Å². The molecule has 0 saturated heterocycles. The zero-order chi connectivity index (χ0) is 24.4. The Morgan fingerprint density at radius 2 is 1.77 bits per heavy atom. The van der Waals surface area contributed by atoms with Gasteiger partial charge < -0.3 is 5.32 Å². The largest absolute Gasteiger partial charge is 0.351 e. The van der Waals surface area contributed by atoms with E-state index in [1.807, 2.05) is 31.3 Å². The average Bonchev–Trinajstić information content (AvgIpc) is 2.84. The van der Waals surface area contributed by atoms with Crippen LogP contribution >= 0.6 is 11.6 Å². The Balaban J connectivity index is 1.36. The van der Waals surface area contributed by atoms with Crippen LogP contribution in [0.25, 0.3) is 22.0 Å². The monoisotopic (exact) mass is 507 g/mol. The Hall–Kier alpha value is -3.23. The van der Waals surface area contributed by atoms with Crippen LogP contribution in [0.5, 0.6) is 0 Å². The van der Waals surface area contributed by atoms with Crippen molar-refractivity contribution in [1.82, 2.24) is 15.0 Å². The molecule has 1 aliphatic carbocycles. The van der Waals surface area contributed by atoms with Crippen molar-refractivity contribution in [2.24, 2.45) is 0 Å². The highest BCUT2D eigenvalue weighted by molar-refractivity contribution is 7.92. The first-order valence-electron chi connectivity index (χ1n) is 11.7. The summed E-state index contributed by atoms with van der Waals surface area (Å²) in [5.41, 5.74) is 3.61. The van der Waals surface area contributed by atoms with E-state index in [0.29, 0.717) is 12.0 Å². The molecule has 35 heavy (non-hydrogen) atoms. The van der Waals surface area contributed by atoms with Gasteiger partial charge in [-0.25, -0.2) is 23.4 Å². The summed E-state index contributed by atoms with van der Waals surface area (Å²) in [4.78, 5) is 13.6. The molecule has 0 amide bonds. The number of fused-ring (bicyclic) bond motifs is 1. The molecule has 2 aromatic heterocycles. The van der Waals surface area contributed by atoms with E-state index in [0.717, 1.165) is 40.4 Å². The van der Waals surface area contributed by atoms with Gasteiger partial charge in [0.25, 0.3) is 10.0 Å². The van der Waals surface area contributed by atoms with E-state index in [1.54, 1.807) is 24.4 Å². The number of hydrogen-bond donors (Lipinski definition) is 2. The predicted molar refractivity (Wildman–Crippen MR) is 140 cm³/mol. The number of nitrogens with zero attached hydrogens (tertiary/aromatic N) is 3. The number of pyridine rings is 1. The lowest BCUT2D eigenvalue weighted by atomic mass is 9.96. The molecular formula is C26H26ClN5O2S. The van der Waals surface area contributed by atoms with Crippen molar-refractivity contribution in [1.29, 1.82) is 0 Å². The Bertz CT molecular complexity index is 1490. The minimum absolute atomic E-state index is 0.0112. The number of anilines is 2. The molecule has 0 atom stereocenters. The molecule has 5 rings (SSSR count). The summed E-state index contributed by atoms with van der Waals surface area (Å²) < 4.78 is 28.0. The third kappa shape index (κ3) is 5.23. The van der Waals surface area contributed by atoms with E-state index in [2.05, 4.69) is 20.0 Å². The van der Waals surface area contributed by atoms with Crippen LogP contribution in [0.15, 0.2) is 65.8 Å². The molecule has 0 unspecified atom stereocenters. The summed E-state index contributed by atoms with van der Waals surface area (Å²) in [6.07, 6.45) is 9.65. The standard InChI is InChI=1S/C26H26ClN5O2S/c1-17-13-25(32-35(33,34)24-10-6-5-9-22(24)27)28-16-21(17)18-11-12-23-19(14-18)15-29-26(31-23)30-20-7-3-2-4-8-20/h5-6,9-16,20H,2-4,7-8H2,1H3,(H,28,32)(H,29,30,31). The minimum Gasteiger partial charge on any atom is -0.351 e. The van der Waals surface area contributed by atoms with Crippen LogP contribution in [-0.2, 0) is 10.0 Å². The number of sulfonamides is 1. The molecule has 7 nitrogen and oxygen atoms in total. The van der Waals surface area contributed by atoms with Crippen LogP contribution in [0, 0.1) is 6.92 Å². The van der Waals surface area contributed by atoms with E-state index in [1.165, 1.54) is 31.4 Å². The maximum atomic E-state index is 12.7. The second-order valence-corrected chi connectivity index (χ2v) is 10.9. The lowest BCUT2D eigenvalue weighted by Gasteiger charge is -2.22. The second kappa shape index (κ2) is 9.79. The highest BCUT2D eigenvalue weighted by Gasteiger charge is 2.19. The number of hydrogen-bond acceptors (Lipinski definition) is 6. The molecule has 180 valence electrons. The first-order chi connectivity index (χ1) is 16.9. The van der Waals surface area contributed by atoms with Crippen LogP contribution in [0.2, 0.25) is 5.02 Å². The lowest BCUT2D eigenvalue weighted by molar-refractivity contribution is 0.461. The molecule has 9 heteroatoms. The molecule has 4 aromatic rings. The Kier molecular flexibility index (Phi) is 6.58. The molecule has 2 N–H and O–H groups in total. The Morgan fingerprint density at radius 3 is 2.54 bits per heavy atom. The van der Waals surface area contributed by atoms with Crippen molar-refractivity contribution < 1.29 is 8.42 Å². The van der Waals surface area contributed by atoms with Gasteiger partial charge in [0.2, 0.25) is 5.95 Å². The van der Waals surface area contributed by atoms with Gasteiger partial charge in [-0.2, -0.15) is 0 Å². The fourth-order valence-electron chi connectivity index (χ4n) is 4.47. The molecule has 0 bridgehead atoms. The minimum atomic E-state index is -3.85. The Labute approximate surface area is 210 Å². The molecule has 0 radical (unpaired) electrons. The van der Waals surface area contributed by atoms with Gasteiger partial charge >= 0.3 is 0 Å². The predicted octanol–water partition coefficient (Wildman–Crippen LogP) is 6.20. The highest BCUT2D eigenvalue weighted by Crippen LogP contribution is 2.29. The molecule has 1 saturated carbocycles. The fraction of sp³-hybridized carbons (Fsp3) is 0.269. The summed E-state index contributed by atoms with van der Waals surface area (Å²) in [5, 5.41) is 4.56. The summed E-state index contributed by atoms with van der Waals surface area (Å²) >= 11 is 6.06. The molecule has 2 aromatic carbocycles. The molecule has 1 aliphatic rings. The number of nitrogens with one attached hydrogen (secondary N) is 2. The third-order valence-electron chi connectivity index (χ3n) is 6.31. The van der Waals surface area contributed by atoms with E-state index < -0.39 is 10.0 Å². The third-order valence-corrected chi connectivity index (χ3v) is 8.16. The number of halogens is 1. The maximum absolute atomic E-state index is 12.7. The first kappa shape index (κ1) is 23.5. The van der Waals surface area contributed by atoms with Gasteiger partial charge in [0.1, 0.15) is 10.7 Å². The van der Waals surface area contributed by atoms with Gasteiger partial charge in [-0.15, -0.1) is 0 Å². The van der Waals surface area contributed by atoms with Crippen LogP contribution in [0.1, 0.15) is 37.7 Å². The molecule has 0 spiro atoms. The quantitative estimate of drug-likeness (QED) is 0.322. The maximum Gasteiger partial charge on any atom is 0.264 e. The Morgan fingerprint density at radius 1 is 0.971 bits per heavy atom. The van der Waals surface area contributed by atoms with Crippen molar-refractivity contribution in [3.05, 3.63) is 71.5 Å². The lowest BCUT2D eigenvalue weighted by Crippen LogP contribution is -2.23. The van der Waals surface area contributed by atoms with Crippen molar-refractivity contribution in [2.45, 2.75) is 50.0 Å². The van der Waals surface area contributed by atoms with Gasteiger partial charge in [-0.3, -0.25) is 4.72 Å². The van der Waals surface area contributed by atoms with Crippen LogP contribution in [0.4, 0.5) is 11.8 Å². The molecule has 0 aliphatic heterocycles. The second-order valence-electron chi connectivity index (χ2n) is 8.87. The van der Waals surface area contributed by atoms with Gasteiger partial charge in [0, 0.05) is 29.4 Å². The summed E-state index contributed by atoms with van der Waals surface area (Å²) in [7, 11) is -3.85. The normalized spacial score (nSPS) is 14.7. The van der Waals surface area contributed by atoms with Crippen LogP contribution < -0.4 is 10.0 Å². The summed E-state index contributed by atoms with van der Waals surface area (Å²) in [5.74, 6) is 0.902. The summed E-state index contributed by atoms with van der Waals surface area (Å²) in [6, 6.07) is 14.5. The molecular weight excluding hydrogens is 482 g/mol.